The van der Waals surface area contributed by atoms with Gasteiger partial charge in [-0.05, 0) is 18.6 Å². The van der Waals surface area contributed by atoms with Gasteiger partial charge in [-0.3, -0.25) is 0 Å². The Bertz CT molecular complexity index is 251. The van der Waals surface area contributed by atoms with Gasteiger partial charge in [0.2, 0.25) is 0 Å². The Balaban J connectivity index is 2.17. The summed E-state index contributed by atoms with van der Waals surface area (Å²) in [4.78, 5) is 0. The average Bonchev–Trinajstić information content (AvgIpc) is 2.13. The maximum atomic E-state index is 3.44. The minimum absolute atomic E-state index is 0.835. The zero-order chi connectivity index (χ0) is 10.4. The molecule has 0 bridgehead atoms. The van der Waals surface area contributed by atoms with Crippen LogP contribution in [0.4, 0.5) is 5.69 Å². The van der Waals surface area contributed by atoms with Crippen LogP contribution < -0.4 is 5.32 Å². The highest BCUT2D eigenvalue weighted by Gasteiger charge is 2.11. The molecule has 0 aliphatic heterocycles. The molecule has 1 nitrogen and oxygen atoms in total. The van der Waals surface area contributed by atoms with Gasteiger partial charge in [-0.2, -0.15) is 0 Å². The standard InChI is InChI=1S/C12H21NSi/c1-14(2,3)11-7-10-13-12-8-5-4-6-9-12/h4-6,8-9,13H,7,10-11H2,1-3H3. The Morgan fingerprint density at radius 1 is 1.07 bits per heavy atom. The first-order valence-electron chi connectivity index (χ1n) is 5.37. The lowest BCUT2D eigenvalue weighted by molar-refractivity contribution is 0.955. The zero-order valence-electron chi connectivity index (χ0n) is 9.51. The first-order chi connectivity index (χ1) is 6.58. The second-order valence-corrected chi connectivity index (χ2v) is 10.6. The summed E-state index contributed by atoms with van der Waals surface area (Å²) < 4.78 is 0. The lowest BCUT2D eigenvalue weighted by Gasteiger charge is -2.15. The van der Waals surface area contributed by atoms with Gasteiger partial charge in [0.25, 0.3) is 0 Å². The van der Waals surface area contributed by atoms with Crippen molar-refractivity contribution in [2.75, 3.05) is 11.9 Å². The summed E-state index contributed by atoms with van der Waals surface area (Å²) in [6.45, 7) is 8.38. The van der Waals surface area contributed by atoms with Crippen molar-refractivity contribution in [1.82, 2.24) is 0 Å². The van der Waals surface area contributed by atoms with Crippen LogP contribution in [0.15, 0.2) is 30.3 Å². The SMILES string of the molecule is C[Si](C)(C)CCCNc1ccccc1. The predicted octanol–water partition coefficient (Wildman–Crippen LogP) is 3.83. The number of anilines is 1. The Morgan fingerprint density at radius 3 is 2.29 bits per heavy atom. The van der Waals surface area contributed by atoms with Gasteiger partial charge in [0.15, 0.2) is 0 Å². The molecule has 0 atom stereocenters. The Kier molecular flexibility index (Phi) is 4.20. The van der Waals surface area contributed by atoms with Crippen LogP contribution in [-0.2, 0) is 0 Å². The van der Waals surface area contributed by atoms with Gasteiger partial charge in [0.1, 0.15) is 0 Å². The molecule has 0 saturated carbocycles. The van der Waals surface area contributed by atoms with Gasteiger partial charge in [-0.15, -0.1) is 0 Å². The van der Waals surface area contributed by atoms with Crippen LogP contribution in [0.5, 0.6) is 0 Å². The van der Waals surface area contributed by atoms with Gasteiger partial charge < -0.3 is 5.32 Å². The zero-order valence-corrected chi connectivity index (χ0v) is 10.5. The Hall–Kier alpha value is -0.763. The summed E-state index contributed by atoms with van der Waals surface area (Å²) in [6, 6.07) is 11.8. The quantitative estimate of drug-likeness (QED) is 0.571. The molecule has 2 heteroatoms. The summed E-state index contributed by atoms with van der Waals surface area (Å²) in [5, 5.41) is 3.44. The first kappa shape index (κ1) is 11.3. The molecule has 0 saturated heterocycles. The normalized spacial score (nSPS) is 11.4. The van der Waals surface area contributed by atoms with Crippen LogP contribution in [0.3, 0.4) is 0 Å². The van der Waals surface area contributed by atoms with E-state index >= 15 is 0 Å². The van der Waals surface area contributed by atoms with Gasteiger partial charge in [-0.1, -0.05) is 43.9 Å². The van der Waals surface area contributed by atoms with Gasteiger partial charge in [-0.25, -0.2) is 0 Å². The van der Waals surface area contributed by atoms with E-state index in [1.807, 2.05) is 6.07 Å². The molecule has 1 aromatic rings. The Labute approximate surface area is 88.6 Å². The molecule has 0 radical (unpaired) electrons. The van der Waals surface area contributed by atoms with E-state index in [4.69, 9.17) is 0 Å². The van der Waals surface area contributed by atoms with Crippen molar-refractivity contribution < 1.29 is 0 Å². The maximum Gasteiger partial charge on any atom is 0.0443 e. The smallest absolute Gasteiger partial charge is 0.0443 e. The highest BCUT2D eigenvalue weighted by atomic mass is 28.3. The summed E-state index contributed by atoms with van der Waals surface area (Å²) in [5.41, 5.74) is 1.24. The van der Waals surface area contributed by atoms with Crippen LogP contribution in [0.2, 0.25) is 25.7 Å². The molecule has 1 aromatic carbocycles. The molecule has 0 fully saturated rings. The molecule has 78 valence electrons. The third kappa shape index (κ3) is 5.07. The van der Waals surface area contributed by atoms with Crippen LogP contribution in [-0.4, -0.2) is 14.6 Å². The third-order valence-corrected chi connectivity index (χ3v) is 4.06. The van der Waals surface area contributed by atoms with Crippen molar-refractivity contribution in [1.29, 1.82) is 0 Å². The fraction of sp³-hybridized carbons (Fsp3) is 0.500. The largest absolute Gasteiger partial charge is 0.385 e. The monoisotopic (exact) mass is 207 g/mol. The second kappa shape index (κ2) is 5.20. The average molecular weight is 207 g/mol. The number of hydrogen-bond acceptors (Lipinski definition) is 1. The molecule has 0 unspecified atom stereocenters. The van der Waals surface area contributed by atoms with E-state index in [1.165, 1.54) is 18.2 Å². The molecule has 0 spiro atoms. The summed E-state index contributed by atoms with van der Waals surface area (Å²) in [6.07, 6.45) is 1.30. The Morgan fingerprint density at radius 2 is 1.71 bits per heavy atom. The molecule has 14 heavy (non-hydrogen) atoms. The van der Waals surface area contributed by atoms with E-state index in [9.17, 15) is 0 Å². The number of nitrogens with one attached hydrogen (secondary N) is 1. The van der Waals surface area contributed by atoms with Crippen LogP contribution >= 0.6 is 0 Å². The molecule has 1 N–H and O–H groups in total. The van der Waals surface area contributed by atoms with Gasteiger partial charge in [0, 0.05) is 20.3 Å². The van der Waals surface area contributed by atoms with E-state index in [2.05, 4.69) is 49.2 Å². The van der Waals surface area contributed by atoms with Crippen molar-refractivity contribution in [2.45, 2.75) is 32.1 Å². The molecular formula is C12H21NSi. The maximum absolute atomic E-state index is 3.44. The predicted molar refractivity (Wildman–Crippen MR) is 67.7 cm³/mol. The summed E-state index contributed by atoms with van der Waals surface area (Å²) in [5.74, 6) is 0. The lowest BCUT2D eigenvalue weighted by atomic mass is 10.3. The second-order valence-electron chi connectivity index (χ2n) is 4.96. The van der Waals surface area contributed by atoms with Crippen molar-refractivity contribution in [3.63, 3.8) is 0 Å². The van der Waals surface area contributed by atoms with E-state index in [0.29, 0.717) is 0 Å². The molecule has 1 rings (SSSR count). The number of para-hydroxylation sites is 1. The van der Waals surface area contributed by atoms with Crippen molar-refractivity contribution >= 4 is 13.8 Å². The van der Waals surface area contributed by atoms with Gasteiger partial charge >= 0.3 is 0 Å². The van der Waals surface area contributed by atoms with E-state index in [0.717, 1.165) is 6.54 Å². The fourth-order valence-electron chi connectivity index (χ4n) is 1.41. The number of benzene rings is 1. The van der Waals surface area contributed by atoms with Crippen LogP contribution in [0.25, 0.3) is 0 Å². The number of hydrogen-bond donors (Lipinski definition) is 1. The van der Waals surface area contributed by atoms with E-state index in [1.54, 1.807) is 0 Å². The van der Waals surface area contributed by atoms with Crippen LogP contribution in [0.1, 0.15) is 6.42 Å². The number of rotatable bonds is 5. The molecule has 0 aromatic heterocycles. The van der Waals surface area contributed by atoms with Crippen molar-refractivity contribution in [3.05, 3.63) is 30.3 Å². The molecular weight excluding hydrogens is 186 g/mol. The van der Waals surface area contributed by atoms with Crippen molar-refractivity contribution in [3.8, 4) is 0 Å². The molecule has 0 aliphatic carbocycles. The summed E-state index contributed by atoms with van der Waals surface area (Å²) in [7, 11) is -0.835. The summed E-state index contributed by atoms with van der Waals surface area (Å²) >= 11 is 0. The minimum Gasteiger partial charge on any atom is -0.385 e. The molecule has 0 heterocycles. The van der Waals surface area contributed by atoms with Gasteiger partial charge in [0.05, 0.1) is 0 Å². The topological polar surface area (TPSA) is 12.0 Å². The molecule has 0 amide bonds. The molecule has 0 aliphatic rings. The fourth-order valence-corrected chi connectivity index (χ4v) is 2.64. The van der Waals surface area contributed by atoms with E-state index in [-0.39, 0.29) is 0 Å². The third-order valence-electron chi connectivity index (χ3n) is 2.21. The van der Waals surface area contributed by atoms with Crippen molar-refractivity contribution in [2.24, 2.45) is 0 Å². The minimum atomic E-state index is -0.835. The lowest BCUT2D eigenvalue weighted by Crippen LogP contribution is -2.20. The van der Waals surface area contributed by atoms with Crippen LogP contribution in [0, 0.1) is 0 Å². The first-order valence-corrected chi connectivity index (χ1v) is 9.07. The van der Waals surface area contributed by atoms with E-state index < -0.39 is 8.07 Å². The highest BCUT2D eigenvalue weighted by molar-refractivity contribution is 6.76. The highest BCUT2D eigenvalue weighted by Crippen LogP contribution is 2.11.